The Balaban J connectivity index is 1.71. The molecule has 31 heavy (non-hydrogen) atoms. The maximum Gasteiger partial charge on any atom is 0.417 e. The molecule has 0 aliphatic heterocycles. The lowest BCUT2D eigenvalue weighted by Gasteiger charge is -2.28. The van der Waals surface area contributed by atoms with E-state index in [9.17, 15) is 22.4 Å². The maximum atomic E-state index is 13.9. The van der Waals surface area contributed by atoms with Gasteiger partial charge in [-0.2, -0.15) is 18.4 Å². The Morgan fingerprint density at radius 3 is 2.32 bits per heavy atom. The van der Waals surface area contributed by atoms with Crippen molar-refractivity contribution in [2.75, 3.05) is 0 Å². The highest BCUT2D eigenvalue weighted by Gasteiger charge is 2.36. The summed E-state index contributed by atoms with van der Waals surface area (Å²) in [6, 6.07) is 9.07. The van der Waals surface area contributed by atoms with Crippen LogP contribution in [0.4, 0.5) is 17.6 Å². The number of hydrogen-bond acceptors (Lipinski definition) is 3. The molecule has 0 atom stereocenters. The molecule has 3 rings (SSSR count). The van der Waals surface area contributed by atoms with Crippen molar-refractivity contribution in [1.29, 1.82) is 5.26 Å². The van der Waals surface area contributed by atoms with Crippen molar-refractivity contribution >= 4 is 5.97 Å². The fourth-order valence-electron chi connectivity index (χ4n) is 4.23. The van der Waals surface area contributed by atoms with Crippen molar-refractivity contribution in [2.45, 2.75) is 57.5 Å². The number of alkyl halides is 3. The molecule has 0 bridgehead atoms. The summed E-state index contributed by atoms with van der Waals surface area (Å²) < 4.78 is 58.1. The lowest BCUT2D eigenvalue weighted by Crippen LogP contribution is -2.14. The van der Waals surface area contributed by atoms with Gasteiger partial charge in [0.2, 0.25) is 0 Å². The van der Waals surface area contributed by atoms with Crippen LogP contribution in [0.15, 0.2) is 36.4 Å². The summed E-state index contributed by atoms with van der Waals surface area (Å²) >= 11 is 0. The maximum absolute atomic E-state index is 13.9. The van der Waals surface area contributed by atoms with E-state index in [0.717, 1.165) is 24.3 Å². The third kappa shape index (κ3) is 5.43. The minimum absolute atomic E-state index is 0.154. The van der Waals surface area contributed by atoms with Crippen LogP contribution in [0.2, 0.25) is 0 Å². The Hall–Kier alpha value is -2.88. The highest BCUT2D eigenvalue weighted by Crippen LogP contribution is 2.38. The Labute approximate surface area is 178 Å². The van der Waals surface area contributed by atoms with Gasteiger partial charge in [-0.1, -0.05) is 31.9 Å². The van der Waals surface area contributed by atoms with Gasteiger partial charge in [0.1, 0.15) is 23.2 Å². The van der Waals surface area contributed by atoms with Crippen molar-refractivity contribution in [2.24, 2.45) is 5.92 Å². The van der Waals surface area contributed by atoms with E-state index in [1.54, 1.807) is 12.1 Å². The second-order valence-electron chi connectivity index (χ2n) is 7.96. The molecule has 7 heteroatoms. The molecule has 0 aromatic heterocycles. The molecule has 1 saturated carbocycles. The van der Waals surface area contributed by atoms with Gasteiger partial charge in [-0.3, -0.25) is 0 Å². The van der Waals surface area contributed by atoms with E-state index < -0.39 is 34.8 Å². The number of ether oxygens (including phenoxy) is 1. The molecule has 1 aliphatic rings. The smallest absolute Gasteiger partial charge is 0.417 e. The largest absolute Gasteiger partial charge is 0.423 e. The van der Waals surface area contributed by atoms with E-state index in [-0.39, 0.29) is 5.56 Å². The predicted molar refractivity (Wildman–Crippen MR) is 107 cm³/mol. The zero-order chi connectivity index (χ0) is 22.6. The Morgan fingerprint density at radius 1 is 1.13 bits per heavy atom. The molecule has 0 unspecified atom stereocenters. The van der Waals surface area contributed by atoms with Gasteiger partial charge in [-0.05, 0) is 61.3 Å². The van der Waals surface area contributed by atoms with Gasteiger partial charge in [0, 0.05) is 6.07 Å². The zero-order valence-electron chi connectivity index (χ0n) is 17.1. The second-order valence-corrected chi connectivity index (χ2v) is 7.96. The molecule has 0 spiro atoms. The van der Waals surface area contributed by atoms with Gasteiger partial charge in [-0.15, -0.1) is 0 Å². The molecule has 1 aliphatic carbocycles. The number of nitriles is 1. The fourth-order valence-corrected chi connectivity index (χ4v) is 4.23. The lowest BCUT2D eigenvalue weighted by molar-refractivity contribution is -0.138. The number of carbonyl (C=O) groups excluding carboxylic acids is 1. The molecule has 0 saturated heterocycles. The fraction of sp³-hybridized carbons (Fsp3) is 0.417. The number of halogens is 4. The molecule has 2 aromatic carbocycles. The van der Waals surface area contributed by atoms with Gasteiger partial charge >= 0.3 is 12.1 Å². The highest BCUT2D eigenvalue weighted by atomic mass is 19.4. The van der Waals surface area contributed by atoms with Crippen molar-refractivity contribution in [1.82, 2.24) is 0 Å². The molecule has 2 aromatic rings. The molecular formula is C24H23F4NO2. The van der Waals surface area contributed by atoms with Gasteiger partial charge < -0.3 is 4.74 Å². The lowest BCUT2D eigenvalue weighted by atomic mass is 9.77. The van der Waals surface area contributed by atoms with Crippen molar-refractivity contribution in [3.8, 4) is 11.8 Å². The van der Waals surface area contributed by atoms with Crippen LogP contribution in [0.5, 0.6) is 5.75 Å². The summed E-state index contributed by atoms with van der Waals surface area (Å²) in [5.41, 5.74) is -1.34. The van der Waals surface area contributed by atoms with Crippen molar-refractivity contribution in [3.63, 3.8) is 0 Å². The number of esters is 1. The molecule has 0 amide bonds. The first-order valence-corrected chi connectivity index (χ1v) is 10.4. The van der Waals surface area contributed by atoms with Gasteiger partial charge in [0.15, 0.2) is 0 Å². The molecule has 3 nitrogen and oxygen atoms in total. The van der Waals surface area contributed by atoms with Crippen LogP contribution in [0.3, 0.4) is 0 Å². The molecule has 0 N–H and O–H groups in total. The van der Waals surface area contributed by atoms with Crippen LogP contribution in [0.25, 0.3) is 0 Å². The van der Waals surface area contributed by atoms with E-state index >= 15 is 0 Å². The van der Waals surface area contributed by atoms with Gasteiger partial charge in [-0.25, -0.2) is 9.18 Å². The Kier molecular flexibility index (Phi) is 6.99. The summed E-state index contributed by atoms with van der Waals surface area (Å²) in [5, 5.41) is 8.79. The van der Waals surface area contributed by atoms with Gasteiger partial charge in [0.05, 0.1) is 11.1 Å². The predicted octanol–water partition coefficient (Wildman–Crippen LogP) is 7.01. The minimum Gasteiger partial charge on any atom is -0.423 e. The molecule has 0 heterocycles. The SMILES string of the molecule is CCCC1CCC(c2ccc(C(=O)Oc3cc(F)c(C#N)c(C(F)(F)F)c3)cc2)CC1. The topological polar surface area (TPSA) is 50.1 Å². The van der Waals surface area contributed by atoms with Crippen LogP contribution in [0.1, 0.15) is 78.4 Å². The number of rotatable bonds is 5. The van der Waals surface area contributed by atoms with Crippen LogP contribution < -0.4 is 4.74 Å². The number of carbonyl (C=O) groups is 1. The number of benzene rings is 2. The molecule has 164 valence electrons. The van der Waals surface area contributed by atoms with E-state index in [2.05, 4.69) is 6.92 Å². The van der Waals surface area contributed by atoms with E-state index in [1.807, 2.05) is 12.1 Å². The van der Waals surface area contributed by atoms with E-state index in [4.69, 9.17) is 10.00 Å². The Morgan fingerprint density at radius 2 is 1.77 bits per heavy atom. The van der Waals surface area contributed by atoms with Crippen molar-refractivity contribution < 1.29 is 27.1 Å². The summed E-state index contributed by atoms with van der Waals surface area (Å²) in [7, 11) is 0. The number of hydrogen-bond donors (Lipinski definition) is 0. The number of nitrogens with zero attached hydrogens (tertiary/aromatic N) is 1. The standard InChI is InChI=1S/C24H23F4NO2/c1-2-3-15-4-6-16(7-5-15)17-8-10-18(11-9-17)23(30)31-19-12-21(24(26,27)28)20(14-29)22(25)13-19/h8-13,15-16H,2-7H2,1H3. The summed E-state index contributed by atoms with van der Waals surface area (Å²) in [5.74, 6) is -1.68. The average Bonchev–Trinajstić information content (AvgIpc) is 2.73. The highest BCUT2D eigenvalue weighted by molar-refractivity contribution is 5.91. The minimum atomic E-state index is -4.95. The quantitative estimate of drug-likeness (QED) is 0.290. The molecule has 1 fully saturated rings. The molecule has 0 radical (unpaired) electrons. The molecular weight excluding hydrogens is 410 g/mol. The van der Waals surface area contributed by atoms with E-state index in [1.165, 1.54) is 31.8 Å². The summed E-state index contributed by atoms with van der Waals surface area (Å²) in [4.78, 5) is 12.4. The third-order valence-corrected chi connectivity index (χ3v) is 5.85. The van der Waals surface area contributed by atoms with Crippen LogP contribution in [-0.4, -0.2) is 5.97 Å². The Bertz CT molecular complexity index is 969. The van der Waals surface area contributed by atoms with Crippen LogP contribution in [0, 0.1) is 23.1 Å². The second kappa shape index (κ2) is 9.51. The average molecular weight is 433 g/mol. The third-order valence-electron chi connectivity index (χ3n) is 5.85. The first-order chi connectivity index (χ1) is 14.7. The van der Waals surface area contributed by atoms with Gasteiger partial charge in [0.25, 0.3) is 0 Å². The van der Waals surface area contributed by atoms with Crippen LogP contribution >= 0.6 is 0 Å². The van der Waals surface area contributed by atoms with E-state index in [0.29, 0.717) is 18.1 Å². The summed E-state index contributed by atoms with van der Waals surface area (Å²) in [6.07, 6.45) is 2.07. The van der Waals surface area contributed by atoms with Crippen molar-refractivity contribution in [3.05, 3.63) is 64.5 Å². The first kappa shape index (κ1) is 22.8. The normalized spacial score (nSPS) is 19.0. The van der Waals surface area contributed by atoms with Crippen LogP contribution in [-0.2, 0) is 6.18 Å². The summed E-state index contributed by atoms with van der Waals surface area (Å²) in [6.45, 7) is 2.19. The monoisotopic (exact) mass is 433 g/mol. The first-order valence-electron chi connectivity index (χ1n) is 10.4. The zero-order valence-corrected chi connectivity index (χ0v) is 17.1.